The van der Waals surface area contributed by atoms with Crippen LogP contribution < -0.4 is 0 Å². The smallest absolute Gasteiger partial charge is 0.243 e. The number of nitrogens with zero attached hydrogens (tertiary/aromatic N) is 3. The van der Waals surface area contributed by atoms with Gasteiger partial charge in [-0.15, -0.1) is 0 Å². The van der Waals surface area contributed by atoms with Crippen molar-refractivity contribution in [2.45, 2.75) is 11.8 Å². The molecule has 0 radical (unpaired) electrons. The number of hydrogen-bond acceptors (Lipinski definition) is 4. The Bertz CT molecular complexity index is 632. The fourth-order valence-electron chi connectivity index (χ4n) is 2.19. The second kappa shape index (κ2) is 6.10. The molecule has 0 N–H and O–H groups in total. The van der Waals surface area contributed by atoms with E-state index >= 15 is 0 Å². The summed E-state index contributed by atoms with van der Waals surface area (Å²) >= 11 is 5.83. The fourth-order valence-corrected chi connectivity index (χ4v) is 3.79. The van der Waals surface area contributed by atoms with Crippen molar-refractivity contribution >= 4 is 21.6 Å². The van der Waals surface area contributed by atoms with E-state index in [1.54, 1.807) is 0 Å². The first-order valence-corrected chi connectivity index (χ1v) is 8.23. The molecule has 7 heteroatoms. The number of piperazine rings is 1. The zero-order chi connectivity index (χ0) is 14.8. The van der Waals surface area contributed by atoms with Crippen molar-refractivity contribution in [2.24, 2.45) is 0 Å². The molecular formula is C13H16ClN3O2S. The van der Waals surface area contributed by atoms with Crippen LogP contribution in [-0.2, 0) is 10.0 Å². The van der Waals surface area contributed by atoms with Crippen LogP contribution in [0, 0.1) is 11.3 Å². The van der Waals surface area contributed by atoms with E-state index in [1.807, 2.05) is 6.07 Å². The Labute approximate surface area is 124 Å². The van der Waals surface area contributed by atoms with Gasteiger partial charge >= 0.3 is 0 Å². The summed E-state index contributed by atoms with van der Waals surface area (Å²) in [5.74, 6) is 0. The molecule has 5 nitrogen and oxygen atoms in total. The van der Waals surface area contributed by atoms with Crippen molar-refractivity contribution in [1.82, 2.24) is 9.21 Å². The molecule has 1 heterocycles. The largest absolute Gasteiger partial charge is 0.301 e. The maximum atomic E-state index is 12.5. The highest BCUT2D eigenvalue weighted by atomic mass is 35.5. The van der Waals surface area contributed by atoms with E-state index < -0.39 is 10.0 Å². The Morgan fingerprint density at radius 3 is 2.50 bits per heavy atom. The lowest BCUT2D eigenvalue weighted by Crippen LogP contribution is -2.48. The van der Waals surface area contributed by atoms with Crippen LogP contribution >= 0.6 is 11.6 Å². The summed E-state index contributed by atoms with van der Waals surface area (Å²) < 4.78 is 26.5. The molecule has 20 heavy (non-hydrogen) atoms. The number of nitriles is 1. The van der Waals surface area contributed by atoms with E-state index in [0.717, 1.165) is 19.6 Å². The minimum atomic E-state index is -3.55. The van der Waals surface area contributed by atoms with Crippen LogP contribution in [0.25, 0.3) is 0 Å². The fraction of sp³-hybridized carbons (Fsp3) is 0.462. The summed E-state index contributed by atoms with van der Waals surface area (Å²) in [5, 5.41) is 9.20. The molecule has 0 unspecified atom stereocenters. The van der Waals surface area contributed by atoms with Gasteiger partial charge in [-0.1, -0.05) is 18.5 Å². The lowest BCUT2D eigenvalue weighted by atomic mass is 10.2. The Morgan fingerprint density at radius 1 is 1.30 bits per heavy atom. The number of halogens is 1. The van der Waals surface area contributed by atoms with Gasteiger partial charge in [0.25, 0.3) is 0 Å². The highest BCUT2D eigenvalue weighted by Crippen LogP contribution is 2.23. The molecule has 0 saturated carbocycles. The molecule has 1 aliphatic rings. The van der Waals surface area contributed by atoms with Crippen LogP contribution in [-0.4, -0.2) is 50.3 Å². The Kier molecular flexibility index (Phi) is 4.66. The van der Waals surface area contributed by atoms with Gasteiger partial charge in [0.1, 0.15) is 6.07 Å². The number of benzene rings is 1. The van der Waals surface area contributed by atoms with Crippen molar-refractivity contribution in [2.75, 3.05) is 32.7 Å². The molecule has 1 fully saturated rings. The first-order valence-electron chi connectivity index (χ1n) is 6.41. The van der Waals surface area contributed by atoms with Gasteiger partial charge in [0, 0.05) is 26.2 Å². The zero-order valence-electron chi connectivity index (χ0n) is 11.2. The molecule has 0 aromatic heterocycles. The second-order valence-electron chi connectivity index (χ2n) is 4.59. The SMILES string of the molecule is CCN1CCN(S(=O)(=O)c2ccc(Cl)c(C#N)c2)CC1. The monoisotopic (exact) mass is 313 g/mol. The molecule has 0 atom stereocenters. The van der Waals surface area contributed by atoms with Crippen molar-refractivity contribution < 1.29 is 8.42 Å². The predicted molar refractivity (Wildman–Crippen MR) is 77.0 cm³/mol. The van der Waals surface area contributed by atoms with E-state index in [-0.39, 0.29) is 15.5 Å². The van der Waals surface area contributed by atoms with Gasteiger partial charge in [-0.2, -0.15) is 9.57 Å². The third kappa shape index (κ3) is 2.96. The van der Waals surface area contributed by atoms with Crippen molar-refractivity contribution in [3.05, 3.63) is 28.8 Å². The van der Waals surface area contributed by atoms with E-state index in [9.17, 15) is 8.42 Å². The lowest BCUT2D eigenvalue weighted by molar-refractivity contribution is 0.196. The zero-order valence-corrected chi connectivity index (χ0v) is 12.8. The number of rotatable bonds is 3. The molecule has 1 aromatic rings. The molecule has 0 amide bonds. The van der Waals surface area contributed by atoms with Gasteiger partial charge in [0.2, 0.25) is 10.0 Å². The molecule has 1 aromatic carbocycles. The van der Waals surface area contributed by atoms with Gasteiger partial charge in [0.05, 0.1) is 15.5 Å². The molecule has 0 aliphatic carbocycles. The highest BCUT2D eigenvalue weighted by Gasteiger charge is 2.28. The minimum Gasteiger partial charge on any atom is -0.301 e. The van der Waals surface area contributed by atoms with Gasteiger partial charge in [0.15, 0.2) is 0 Å². The third-order valence-electron chi connectivity index (χ3n) is 3.47. The summed E-state index contributed by atoms with van der Waals surface area (Å²) in [4.78, 5) is 2.33. The highest BCUT2D eigenvalue weighted by molar-refractivity contribution is 7.89. The Morgan fingerprint density at radius 2 is 1.95 bits per heavy atom. The van der Waals surface area contributed by atoms with Gasteiger partial charge in [-0.3, -0.25) is 0 Å². The Hall–Kier alpha value is -1.13. The first-order chi connectivity index (χ1) is 9.48. The van der Waals surface area contributed by atoms with E-state index in [4.69, 9.17) is 16.9 Å². The van der Waals surface area contributed by atoms with Crippen LogP contribution in [0.2, 0.25) is 5.02 Å². The molecule has 0 spiro atoms. The maximum Gasteiger partial charge on any atom is 0.243 e. The van der Waals surface area contributed by atoms with E-state index in [2.05, 4.69) is 11.8 Å². The predicted octanol–water partition coefficient (Wildman–Crippen LogP) is 1.54. The quantitative estimate of drug-likeness (QED) is 0.849. The normalized spacial score (nSPS) is 17.9. The van der Waals surface area contributed by atoms with Crippen LogP contribution in [0.4, 0.5) is 0 Å². The van der Waals surface area contributed by atoms with E-state index in [1.165, 1.54) is 22.5 Å². The maximum absolute atomic E-state index is 12.5. The summed E-state index contributed by atoms with van der Waals surface area (Å²) in [7, 11) is -3.55. The van der Waals surface area contributed by atoms with Crippen molar-refractivity contribution in [3.8, 4) is 6.07 Å². The third-order valence-corrected chi connectivity index (χ3v) is 5.70. The van der Waals surface area contributed by atoms with E-state index in [0.29, 0.717) is 13.1 Å². The van der Waals surface area contributed by atoms with Crippen LogP contribution in [0.1, 0.15) is 12.5 Å². The number of sulfonamides is 1. The van der Waals surface area contributed by atoms with Gasteiger partial charge in [-0.05, 0) is 24.7 Å². The van der Waals surface area contributed by atoms with Crippen molar-refractivity contribution in [3.63, 3.8) is 0 Å². The van der Waals surface area contributed by atoms with Crippen molar-refractivity contribution in [1.29, 1.82) is 5.26 Å². The summed E-state index contributed by atoms with van der Waals surface area (Å²) in [6, 6.07) is 6.14. The number of hydrogen-bond donors (Lipinski definition) is 0. The van der Waals surface area contributed by atoms with Crippen LogP contribution in [0.15, 0.2) is 23.1 Å². The standard InChI is InChI=1S/C13H16ClN3O2S/c1-2-16-5-7-17(8-6-16)20(18,19)12-3-4-13(14)11(9-12)10-15/h3-4,9H,2,5-8H2,1H3. The summed E-state index contributed by atoms with van der Waals surface area (Å²) in [5.41, 5.74) is 0.180. The van der Waals surface area contributed by atoms with Crippen LogP contribution in [0.5, 0.6) is 0 Å². The Balaban J connectivity index is 2.25. The first kappa shape index (κ1) is 15.3. The van der Waals surface area contributed by atoms with Crippen LogP contribution in [0.3, 0.4) is 0 Å². The molecule has 1 aliphatic heterocycles. The summed E-state index contributed by atoms with van der Waals surface area (Å²) in [6.45, 7) is 5.39. The molecule has 0 bridgehead atoms. The molecule has 108 valence electrons. The topological polar surface area (TPSA) is 64.4 Å². The average molecular weight is 314 g/mol. The molecule has 1 saturated heterocycles. The van der Waals surface area contributed by atoms with Gasteiger partial charge < -0.3 is 4.90 Å². The molecule has 2 rings (SSSR count). The molecular weight excluding hydrogens is 298 g/mol. The lowest BCUT2D eigenvalue weighted by Gasteiger charge is -2.33. The summed E-state index contributed by atoms with van der Waals surface area (Å²) in [6.07, 6.45) is 0. The number of likely N-dealkylation sites (N-methyl/N-ethyl adjacent to an activating group) is 1. The average Bonchev–Trinajstić information content (AvgIpc) is 2.47. The minimum absolute atomic E-state index is 0.128. The van der Waals surface area contributed by atoms with Gasteiger partial charge in [-0.25, -0.2) is 8.42 Å². The second-order valence-corrected chi connectivity index (χ2v) is 6.94.